The third-order valence-corrected chi connectivity index (χ3v) is 5.63. The summed E-state index contributed by atoms with van der Waals surface area (Å²) >= 11 is 5.81. The monoisotopic (exact) mass is 518 g/mol. The minimum absolute atomic E-state index is 0.00374. The molecule has 192 valence electrons. The van der Waals surface area contributed by atoms with Crippen LogP contribution in [0.4, 0.5) is 19.1 Å². The van der Waals surface area contributed by atoms with E-state index in [2.05, 4.69) is 15.1 Å². The molecule has 0 unspecified atom stereocenters. The molecule has 1 fully saturated rings. The molecule has 2 aromatic heterocycles. The number of piperazine rings is 1. The standard InChI is InChI=1S/C21H26ClF3N6O4/c1-34-13-15(35-16-12-28-29-19(33)18(16)21(23,24)25)4-2-3-5-17(32)30-6-8-31(9-7-30)20-26-10-14(22)11-27-20/h10-12,15H,2-9,13H2,1H3,(H,29,33)/t15-/m1/s1. The first kappa shape index (κ1) is 26.7. The van der Waals surface area contributed by atoms with Crippen molar-refractivity contribution in [2.45, 2.75) is 38.0 Å². The van der Waals surface area contributed by atoms with Gasteiger partial charge in [0, 0.05) is 39.7 Å². The minimum atomic E-state index is -4.89. The fourth-order valence-corrected chi connectivity index (χ4v) is 3.81. The van der Waals surface area contributed by atoms with E-state index in [1.165, 1.54) is 19.5 Å². The lowest BCUT2D eigenvalue weighted by Gasteiger charge is -2.34. The number of ether oxygens (including phenoxy) is 2. The number of rotatable bonds is 10. The number of hydrogen-bond acceptors (Lipinski definition) is 8. The molecule has 0 aromatic carbocycles. The van der Waals surface area contributed by atoms with Crippen molar-refractivity contribution < 1.29 is 27.4 Å². The number of methoxy groups -OCH3 is 1. The second-order valence-electron chi connectivity index (χ2n) is 7.95. The number of unbranched alkanes of at least 4 members (excludes halogenated alkanes) is 1. The molecule has 0 aliphatic carbocycles. The fraction of sp³-hybridized carbons (Fsp3) is 0.571. The molecule has 14 heteroatoms. The quantitative estimate of drug-likeness (QED) is 0.477. The number of H-pyrrole nitrogens is 1. The van der Waals surface area contributed by atoms with Gasteiger partial charge < -0.3 is 19.3 Å². The number of carbonyl (C=O) groups is 1. The first-order valence-corrected chi connectivity index (χ1v) is 11.4. The Balaban J connectivity index is 1.45. The molecule has 3 rings (SSSR count). The topological polar surface area (TPSA) is 114 Å². The van der Waals surface area contributed by atoms with Crippen LogP contribution in [-0.2, 0) is 15.7 Å². The van der Waals surface area contributed by atoms with Crippen molar-refractivity contribution in [3.05, 3.63) is 39.5 Å². The van der Waals surface area contributed by atoms with E-state index < -0.39 is 29.2 Å². The average Bonchev–Trinajstić information content (AvgIpc) is 2.81. The molecular formula is C21H26ClF3N6O4. The Morgan fingerprint density at radius 3 is 2.49 bits per heavy atom. The van der Waals surface area contributed by atoms with Gasteiger partial charge in [0.15, 0.2) is 11.3 Å². The molecule has 0 radical (unpaired) electrons. The van der Waals surface area contributed by atoms with Gasteiger partial charge in [-0.1, -0.05) is 11.6 Å². The smallest absolute Gasteiger partial charge is 0.425 e. The maximum atomic E-state index is 13.2. The Labute approximate surface area is 204 Å². The summed E-state index contributed by atoms with van der Waals surface area (Å²) in [6.45, 7) is 2.30. The lowest BCUT2D eigenvalue weighted by Crippen LogP contribution is -2.49. The fourth-order valence-electron chi connectivity index (χ4n) is 3.71. The molecule has 0 bridgehead atoms. The Kier molecular flexibility index (Phi) is 9.26. The number of halogens is 4. The number of amides is 1. The van der Waals surface area contributed by atoms with Gasteiger partial charge in [0.1, 0.15) is 6.10 Å². The van der Waals surface area contributed by atoms with Crippen molar-refractivity contribution >= 4 is 23.5 Å². The van der Waals surface area contributed by atoms with Crippen LogP contribution in [0.3, 0.4) is 0 Å². The number of nitrogens with zero attached hydrogens (tertiary/aromatic N) is 5. The highest BCUT2D eigenvalue weighted by molar-refractivity contribution is 6.30. The van der Waals surface area contributed by atoms with Crippen molar-refractivity contribution in [3.63, 3.8) is 0 Å². The third-order valence-electron chi connectivity index (χ3n) is 5.44. The molecule has 0 spiro atoms. The summed E-state index contributed by atoms with van der Waals surface area (Å²) in [5.41, 5.74) is -2.81. The van der Waals surface area contributed by atoms with E-state index in [9.17, 15) is 22.8 Å². The highest BCUT2D eigenvalue weighted by Crippen LogP contribution is 2.33. The molecule has 1 saturated heterocycles. The molecule has 0 saturated carbocycles. The largest absolute Gasteiger partial charge is 0.485 e. The van der Waals surface area contributed by atoms with Crippen LogP contribution in [0.2, 0.25) is 5.02 Å². The number of anilines is 1. The predicted molar refractivity (Wildman–Crippen MR) is 120 cm³/mol. The number of aromatic amines is 1. The van der Waals surface area contributed by atoms with Gasteiger partial charge in [-0.15, -0.1) is 0 Å². The first-order chi connectivity index (χ1) is 16.7. The van der Waals surface area contributed by atoms with Crippen molar-refractivity contribution in [2.24, 2.45) is 0 Å². The lowest BCUT2D eigenvalue weighted by atomic mass is 10.1. The number of carbonyl (C=O) groups excluding carboxylic acids is 1. The van der Waals surface area contributed by atoms with E-state index in [0.29, 0.717) is 62.8 Å². The summed E-state index contributed by atoms with van der Waals surface area (Å²) in [6.07, 6.45) is -0.0484. The maximum absolute atomic E-state index is 13.2. The zero-order chi connectivity index (χ0) is 25.4. The summed E-state index contributed by atoms with van der Waals surface area (Å²) in [6, 6.07) is 0. The van der Waals surface area contributed by atoms with Crippen LogP contribution < -0.4 is 15.2 Å². The predicted octanol–water partition coefficient (Wildman–Crippen LogP) is 2.54. The molecule has 1 amide bonds. The minimum Gasteiger partial charge on any atom is -0.485 e. The van der Waals surface area contributed by atoms with Crippen molar-refractivity contribution in [3.8, 4) is 5.75 Å². The average molecular weight is 519 g/mol. The Hall–Kier alpha value is -2.93. The van der Waals surface area contributed by atoms with Crippen LogP contribution in [0.1, 0.15) is 31.2 Å². The summed E-state index contributed by atoms with van der Waals surface area (Å²) in [7, 11) is 1.40. The van der Waals surface area contributed by atoms with Gasteiger partial charge in [-0.05, 0) is 19.3 Å². The third kappa shape index (κ3) is 7.52. The molecule has 1 aliphatic rings. The summed E-state index contributed by atoms with van der Waals surface area (Å²) < 4.78 is 50.2. The van der Waals surface area contributed by atoms with E-state index in [1.807, 2.05) is 4.90 Å². The van der Waals surface area contributed by atoms with Crippen LogP contribution >= 0.6 is 11.6 Å². The summed E-state index contributed by atoms with van der Waals surface area (Å²) in [4.78, 5) is 36.3. The van der Waals surface area contributed by atoms with Gasteiger partial charge >= 0.3 is 6.18 Å². The van der Waals surface area contributed by atoms with Crippen molar-refractivity contribution in [2.75, 3.05) is 44.8 Å². The van der Waals surface area contributed by atoms with Crippen LogP contribution in [0.25, 0.3) is 0 Å². The van der Waals surface area contributed by atoms with Gasteiger partial charge in [-0.25, -0.2) is 15.1 Å². The molecule has 1 atom stereocenters. The van der Waals surface area contributed by atoms with Gasteiger partial charge in [0.2, 0.25) is 11.9 Å². The van der Waals surface area contributed by atoms with Crippen LogP contribution in [0.5, 0.6) is 5.75 Å². The van der Waals surface area contributed by atoms with Crippen LogP contribution in [-0.4, -0.2) is 77.0 Å². The highest BCUT2D eigenvalue weighted by atomic mass is 35.5. The lowest BCUT2D eigenvalue weighted by molar-refractivity contribution is -0.140. The van der Waals surface area contributed by atoms with Crippen molar-refractivity contribution in [1.29, 1.82) is 0 Å². The second kappa shape index (κ2) is 12.2. The number of aromatic nitrogens is 4. The van der Waals surface area contributed by atoms with E-state index in [4.69, 9.17) is 21.1 Å². The maximum Gasteiger partial charge on any atom is 0.425 e. The Morgan fingerprint density at radius 1 is 1.17 bits per heavy atom. The van der Waals surface area contributed by atoms with Crippen LogP contribution in [0, 0.1) is 0 Å². The number of alkyl halides is 3. The number of nitrogens with one attached hydrogen (secondary N) is 1. The highest BCUT2D eigenvalue weighted by Gasteiger charge is 2.38. The Morgan fingerprint density at radius 2 is 1.86 bits per heavy atom. The molecule has 3 heterocycles. The van der Waals surface area contributed by atoms with Crippen molar-refractivity contribution in [1.82, 2.24) is 25.1 Å². The summed E-state index contributed by atoms with van der Waals surface area (Å²) in [5.74, 6) is -0.0825. The molecule has 1 N–H and O–H groups in total. The van der Waals surface area contributed by atoms with E-state index in [-0.39, 0.29) is 12.5 Å². The zero-order valence-corrected chi connectivity index (χ0v) is 19.8. The molecule has 10 nitrogen and oxygen atoms in total. The molecule has 2 aromatic rings. The second-order valence-corrected chi connectivity index (χ2v) is 8.38. The SMILES string of the molecule is COC[C@@H](CCCCC(=O)N1CCN(c2ncc(Cl)cn2)CC1)Oc1cn[nH]c(=O)c1C(F)(F)F. The molecular weight excluding hydrogens is 493 g/mol. The molecule has 1 aliphatic heterocycles. The van der Waals surface area contributed by atoms with Gasteiger partial charge in [-0.3, -0.25) is 9.59 Å². The van der Waals surface area contributed by atoms with Gasteiger partial charge in [0.25, 0.3) is 5.56 Å². The van der Waals surface area contributed by atoms with E-state index in [1.54, 1.807) is 10.00 Å². The zero-order valence-electron chi connectivity index (χ0n) is 19.1. The van der Waals surface area contributed by atoms with Gasteiger partial charge in [0.05, 0.1) is 30.2 Å². The first-order valence-electron chi connectivity index (χ1n) is 11.0. The number of hydrogen-bond donors (Lipinski definition) is 1. The summed E-state index contributed by atoms with van der Waals surface area (Å²) in [5, 5.41) is 5.62. The molecule has 35 heavy (non-hydrogen) atoms. The van der Waals surface area contributed by atoms with E-state index >= 15 is 0 Å². The normalized spacial score (nSPS) is 15.2. The van der Waals surface area contributed by atoms with Crippen LogP contribution in [0.15, 0.2) is 23.4 Å². The van der Waals surface area contributed by atoms with E-state index in [0.717, 1.165) is 6.20 Å². The van der Waals surface area contributed by atoms with Gasteiger partial charge in [-0.2, -0.15) is 18.3 Å². The Bertz CT molecular complexity index is 1030.